The highest BCUT2D eigenvalue weighted by atomic mass is 16.5. The molecule has 0 aliphatic heterocycles. The smallest absolute Gasteiger partial charge is 0.154 e. The number of ether oxygens (including phenoxy) is 1. The number of hydrogen-bond donors (Lipinski definition) is 1. The first-order valence-corrected chi connectivity index (χ1v) is 8.72. The number of imidazole rings is 1. The number of fused-ring (bicyclic) bond motifs is 3. The van der Waals surface area contributed by atoms with Gasteiger partial charge in [0.1, 0.15) is 5.82 Å². The number of hydrogen-bond acceptors (Lipinski definition) is 4. The first-order chi connectivity index (χ1) is 12.8. The van der Waals surface area contributed by atoms with Gasteiger partial charge in [-0.1, -0.05) is 12.1 Å². The van der Waals surface area contributed by atoms with E-state index in [0.29, 0.717) is 18.1 Å². The zero-order valence-corrected chi connectivity index (χ0v) is 14.1. The molecule has 1 N–H and O–H groups in total. The Balaban J connectivity index is 1.27. The molecule has 128 valence electrons. The molecule has 0 saturated heterocycles. The van der Waals surface area contributed by atoms with Gasteiger partial charge in [-0.25, -0.2) is 9.97 Å². The van der Waals surface area contributed by atoms with Crippen molar-refractivity contribution >= 4 is 16.7 Å². The van der Waals surface area contributed by atoms with Crippen molar-refractivity contribution in [1.82, 2.24) is 19.4 Å². The maximum absolute atomic E-state index is 8.85. The fourth-order valence-corrected chi connectivity index (χ4v) is 3.59. The Morgan fingerprint density at radius 2 is 1.96 bits per heavy atom. The number of benzene rings is 1. The lowest BCUT2D eigenvalue weighted by atomic mass is 9.81. The lowest BCUT2D eigenvalue weighted by Crippen LogP contribution is -2.30. The largest absolute Gasteiger partial charge is 0.373 e. The first-order valence-electron chi connectivity index (χ1n) is 8.72. The second-order valence-electron chi connectivity index (χ2n) is 6.76. The minimum absolute atomic E-state index is 0.256. The molecule has 1 fully saturated rings. The number of rotatable bonds is 4. The van der Waals surface area contributed by atoms with Crippen LogP contribution in [0.2, 0.25) is 0 Å². The van der Waals surface area contributed by atoms with Crippen molar-refractivity contribution < 1.29 is 4.74 Å². The van der Waals surface area contributed by atoms with Crippen LogP contribution in [0.3, 0.4) is 0 Å². The number of H-pyrrole nitrogens is 1. The van der Waals surface area contributed by atoms with Crippen molar-refractivity contribution in [2.24, 2.45) is 0 Å². The van der Waals surface area contributed by atoms with E-state index in [0.717, 1.165) is 40.9 Å². The topological polar surface area (TPSA) is 79.0 Å². The summed E-state index contributed by atoms with van der Waals surface area (Å²) >= 11 is 0. The monoisotopic (exact) mass is 343 g/mol. The van der Waals surface area contributed by atoms with Crippen LogP contribution < -0.4 is 0 Å². The molecule has 4 aromatic rings. The fraction of sp³-hybridized carbons (Fsp3) is 0.250. The summed E-state index contributed by atoms with van der Waals surface area (Å²) < 4.78 is 8.21. The van der Waals surface area contributed by atoms with Crippen molar-refractivity contribution in [3.63, 3.8) is 0 Å². The second kappa shape index (κ2) is 5.97. The lowest BCUT2D eigenvalue weighted by molar-refractivity contribution is -0.0223. The van der Waals surface area contributed by atoms with Crippen LogP contribution in [0.15, 0.2) is 48.9 Å². The number of aromatic nitrogens is 4. The maximum atomic E-state index is 8.85. The molecular formula is C20H17N5O. The molecule has 1 aromatic carbocycles. The molecule has 1 aliphatic rings. The summed E-state index contributed by atoms with van der Waals surface area (Å²) in [5.41, 5.74) is 4.74. The third-order valence-corrected chi connectivity index (χ3v) is 5.12. The van der Waals surface area contributed by atoms with Gasteiger partial charge in [0.25, 0.3) is 0 Å². The van der Waals surface area contributed by atoms with E-state index in [4.69, 9.17) is 10.00 Å². The van der Waals surface area contributed by atoms with E-state index in [1.165, 1.54) is 0 Å². The van der Waals surface area contributed by atoms with Gasteiger partial charge in [-0.3, -0.25) is 4.40 Å². The summed E-state index contributed by atoms with van der Waals surface area (Å²) in [6, 6.07) is 11.7. The van der Waals surface area contributed by atoms with Crippen LogP contribution in [0.4, 0.5) is 0 Å². The summed E-state index contributed by atoms with van der Waals surface area (Å²) in [5, 5.41) is 8.85. The van der Waals surface area contributed by atoms with Crippen LogP contribution in [0.5, 0.6) is 0 Å². The normalized spacial score (nSPS) is 19.5. The van der Waals surface area contributed by atoms with Crippen molar-refractivity contribution in [2.45, 2.75) is 31.5 Å². The molecular weight excluding hydrogens is 326 g/mol. The minimum atomic E-state index is 0.256. The Morgan fingerprint density at radius 3 is 2.77 bits per heavy atom. The van der Waals surface area contributed by atoms with Crippen LogP contribution in [-0.2, 0) is 11.3 Å². The third-order valence-electron chi connectivity index (χ3n) is 5.12. The highest BCUT2D eigenvalue weighted by Gasteiger charge is 2.34. The zero-order valence-electron chi connectivity index (χ0n) is 14.1. The average molecular weight is 343 g/mol. The maximum Gasteiger partial charge on any atom is 0.154 e. The Bertz CT molecular complexity index is 1110. The lowest BCUT2D eigenvalue weighted by Gasteiger charge is -2.34. The molecule has 0 spiro atoms. The molecule has 26 heavy (non-hydrogen) atoms. The molecule has 5 rings (SSSR count). The van der Waals surface area contributed by atoms with Crippen LogP contribution in [-0.4, -0.2) is 25.5 Å². The fourth-order valence-electron chi connectivity index (χ4n) is 3.59. The molecule has 1 saturated carbocycles. The van der Waals surface area contributed by atoms with Crippen molar-refractivity contribution in [1.29, 1.82) is 5.26 Å². The van der Waals surface area contributed by atoms with Gasteiger partial charge in [0.05, 0.1) is 47.8 Å². The van der Waals surface area contributed by atoms with Crippen LogP contribution in [0, 0.1) is 11.3 Å². The predicted octanol–water partition coefficient (Wildman–Crippen LogP) is 3.55. The number of aromatic amines is 1. The second-order valence-corrected chi connectivity index (χ2v) is 6.76. The quantitative estimate of drug-likeness (QED) is 0.614. The van der Waals surface area contributed by atoms with E-state index in [1.54, 1.807) is 0 Å². The van der Waals surface area contributed by atoms with Gasteiger partial charge in [0, 0.05) is 12.1 Å². The number of nitrogens with one attached hydrogen (secondary N) is 1. The van der Waals surface area contributed by atoms with Gasteiger partial charge in [0.2, 0.25) is 0 Å². The molecule has 0 bridgehead atoms. The molecule has 0 amide bonds. The van der Waals surface area contributed by atoms with Gasteiger partial charge in [0.15, 0.2) is 5.65 Å². The van der Waals surface area contributed by atoms with Crippen LogP contribution in [0.1, 0.15) is 35.7 Å². The molecule has 0 atom stereocenters. The van der Waals surface area contributed by atoms with Crippen LogP contribution >= 0.6 is 0 Å². The van der Waals surface area contributed by atoms with Crippen molar-refractivity contribution in [2.75, 3.05) is 0 Å². The molecule has 0 radical (unpaired) electrons. The molecule has 3 aromatic heterocycles. The Morgan fingerprint density at radius 1 is 1.15 bits per heavy atom. The van der Waals surface area contributed by atoms with Gasteiger partial charge in [-0.05, 0) is 36.6 Å². The number of nitriles is 1. The summed E-state index contributed by atoms with van der Waals surface area (Å²) in [6.07, 6.45) is 7.86. The third kappa shape index (κ3) is 2.45. The van der Waals surface area contributed by atoms with E-state index >= 15 is 0 Å². The highest BCUT2D eigenvalue weighted by molar-refractivity contribution is 5.75. The van der Waals surface area contributed by atoms with Crippen LogP contribution in [0.25, 0.3) is 16.7 Å². The van der Waals surface area contributed by atoms with E-state index in [9.17, 15) is 0 Å². The van der Waals surface area contributed by atoms with E-state index in [-0.39, 0.29) is 6.10 Å². The van der Waals surface area contributed by atoms with E-state index in [1.807, 2.05) is 48.9 Å². The van der Waals surface area contributed by atoms with Crippen molar-refractivity contribution in [3.8, 4) is 6.07 Å². The zero-order chi connectivity index (χ0) is 17.5. The van der Waals surface area contributed by atoms with Gasteiger partial charge in [-0.2, -0.15) is 5.26 Å². The predicted molar refractivity (Wildman–Crippen MR) is 96.6 cm³/mol. The van der Waals surface area contributed by atoms with Crippen molar-refractivity contribution in [3.05, 3.63) is 65.9 Å². The minimum Gasteiger partial charge on any atom is -0.373 e. The highest BCUT2D eigenvalue weighted by Crippen LogP contribution is 2.39. The first kappa shape index (κ1) is 15.1. The van der Waals surface area contributed by atoms with Gasteiger partial charge < -0.3 is 9.72 Å². The number of nitrogens with zero attached hydrogens (tertiary/aromatic N) is 4. The Kier molecular flexibility index (Phi) is 3.47. The molecule has 6 heteroatoms. The summed E-state index contributed by atoms with van der Waals surface area (Å²) in [5.74, 6) is 1.49. The molecule has 0 unspecified atom stereocenters. The standard InChI is InChI=1S/C20H17N5O/c21-9-13-1-3-14(4-2-13)12-26-17-7-15(8-17)20-24-11-16-10-23-19-18(25(16)20)5-6-22-19/h1-6,10-11,15,17,22H,7-8,12H2/t15-,17+. The summed E-state index contributed by atoms with van der Waals surface area (Å²) in [4.78, 5) is 12.2. The molecule has 3 heterocycles. The average Bonchev–Trinajstić information content (AvgIpc) is 3.27. The Labute approximate surface area is 150 Å². The van der Waals surface area contributed by atoms with Gasteiger partial charge >= 0.3 is 0 Å². The molecule has 6 nitrogen and oxygen atoms in total. The Hall–Kier alpha value is -3.17. The summed E-state index contributed by atoms with van der Waals surface area (Å²) in [7, 11) is 0. The SMILES string of the molecule is N#Cc1ccc(CO[C@H]2C[C@@H](c3ncc4cnc5[nH]ccc5n43)C2)cc1. The molecule has 1 aliphatic carbocycles. The van der Waals surface area contributed by atoms with E-state index < -0.39 is 0 Å². The van der Waals surface area contributed by atoms with E-state index in [2.05, 4.69) is 25.4 Å². The van der Waals surface area contributed by atoms with Gasteiger partial charge in [-0.15, -0.1) is 0 Å². The summed E-state index contributed by atoms with van der Waals surface area (Å²) in [6.45, 7) is 0.581.